The molecule has 0 fully saturated rings. The average Bonchev–Trinajstić information content (AvgIpc) is 2.41. The van der Waals surface area contributed by atoms with Gasteiger partial charge >= 0.3 is 0 Å². The number of aromatic nitrogens is 2. The van der Waals surface area contributed by atoms with Gasteiger partial charge in [-0.05, 0) is 0 Å². The summed E-state index contributed by atoms with van der Waals surface area (Å²) in [5, 5.41) is 3.14. The van der Waals surface area contributed by atoms with E-state index in [1.165, 1.54) is 0 Å². The van der Waals surface area contributed by atoms with Crippen molar-refractivity contribution >= 4 is 11.5 Å². The van der Waals surface area contributed by atoms with Gasteiger partial charge in [0.05, 0.1) is 13.2 Å². The van der Waals surface area contributed by atoms with Crippen molar-refractivity contribution in [2.75, 3.05) is 51.6 Å². The van der Waals surface area contributed by atoms with Crippen molar-refractivity contribution in [2.45, 2.75) is 26.2 Å². The van der Waals surface area contributed by atoms with Crippen molar-refractivity contribution in [3.8, 4) is 5.88 Å². The first kappa shape index (κ1) is 17.5. The lowest BCUT2D eigenvalue weighted by atomic mass is 9.96. The van der Waals surface area contributed by atoms with Gasteiger partial charge in [0.1, 0.15) is 18.1 Å². The first-order chi connectivity index (χ1) is 9.90. The quantitative estimate of drug-likeness (QED) is 0.702. The molecular weight excluding hydrogens is 272 g/mol. The molecule has 0 aliphatic carbocycles. The van der Waals surface area contributed by atoms with Crippen LogP contribution in [0.25, 0.3) is 0 Å². The SMILES string of the molecule is COCCNc1nc(C(C)(C)C)nc(OCCOC)c1N. The molecule has 7 heteroatoms. The van der Waals surface area contributed by atoms with Crippen LogP contribution in [-0.2, 0) is 14.9 Å². The molecule has 0 unspecified atom stereocenters. The van der Waals surface area contributed by atoms with Crippen molar-refractivity contribution < 1.29 is 14.2 Å². The van der Waals surface area contributed by atoms with E-state index in [0.29, 0.717) is 49.6 Å². The molecule has 120 valence electrons. The summed E-state index contributed by atoms with van der Waals surface area (Å²) in [5.74, 6) is 1.62. The maximum atomic E-state index is 6.07. The molecule has 0 saturated carbocycles. The summed E-state index contributed by atoms with van der Waals surface area (Å²) in [7, 11) is 3.26. The van der Waals surface area contributed by atoms with E-state index in [1.807, 2.05) is 20.8 Å². The number of methoxy groups -OCH3 is 2. The van der Waals surface area contributed by atoms with Gasteiger partial charge in [0.25, 0.3) is 0 Å². The Morgan fingerprint density at radius 1 is 1.05 bits per heavy atom. The van der Waals surface area contributed by atoms with E-state index in [0.717, 1.165) is 0 Å². The summed E-state index contributed by atoms with van der Waals surface area (Å²) in [6.07, 6.45) is 0. The standard InChI is InChI=1S/C14H26N4O3/c1-14(2,3)13-17-11(16-6-7-19-4)10(15)12(18-13)21-9-8-20-5/h6-9,15H2,1-5H3,(H,16,17,18). The number of ether oxygens (including phenoxy) is 3. The molecule has 21 heavy (non-hydrogen) atoms. The molecular formula is C14H26N4O3. The number of anilines is 2. The molecule has 0 aliphatic rings. The number of nitrogen functional groups attached to an aromatic ring is 1. The molecule has 0 amide bonds. The Morgan fingerprint density at radius 3 is 2.29 bits per heavy atom. The van der Waals surface area contributed by atoms with Gasteiger partial charge < -0.3 is 25.3 Å². The van der Waals surface area contributed by atoms with Crippen molar-refractivity contribution in [1.29, 1.82) is 0 Å². The van der Waals surface area contributed by atoms with E-state index >= 15 is 0 Å². The van der Waals surface area contributed by atoms with Gasteiger partial charge in [-0.2, -0.15) is 4.98 Å². The normalized spacial score (nSPS) is 11.5. The van der Waals surface area contributed by atoms with Crippen LogP contribution >= 0.6 is 0 Å². The largest absolute Gasteiger partial charge is 0.474 e. The summed E-state index contributed by atoms with van der Waals surface area (Å²) in [6.45, 7) is 8.15. The van der Waals surface area contributed by atoms with Crippen LogP contribution in [0.2, 0.25) is 0 Å². The van der Waals surface area contributed by atoms with Crippen molar-refractivity contribution in [2.24, 2.45) is 0 Å². The minimum absolute atomic E-state index is 0.204. The van der Waals surface area contributed by atoms with Gasteiger partial charge in [0, 0.05) is 26.2 Å². The second-order valence-electron chi connectivity index (χ2n) is 5.63. The number of hydrogen-bond donors (Lipinski definition) is 2. The Hall–Kier alpha value is -1.60. The molecule has 1 aromatic heterocycles. The van der Waals surface area contributed by atoms with Crippen LogP contribution in [0.3, 0.4) is 0 Å². The molecule has 0 saturated heterocycles. The Kier molecular flexibility index (Phi) is 6.64. The topological polar surface area (TPSA) is 91.5 Å². The fraction of sp³-hybridized carbons (Fsp3) is 0.714. The first-order valence-corrected chi connectivity index (χ1v) is 6.92. The highest BCUT2D eigenvalue weighted by molar-refractivity contribution is 5.67. The zero-order valence-corrected chi connectivity index (χ0v) is 13.5. The number of nitrogens with zero attached hydrogens (tertiary/aromatic N) is 2. The van der Waals surface area contributed by atoms with Crippen LogP contribution in [0, 0.1) is 0 Å². The highest BCUT2D eigenvalue weighted by Gasteiger charge is 2.22. The summed E-state index contributed by atoms with van der Waals surface area (Å²) >= 11 is 0. The lowest BCUT2D eigenvalue weighted by Crippen LogP contribution is -2.21. The number of rotatable bonds is 8. The lowest BCUT2D eigenvalue weighted by Gasteiger charge is -2.20. The Morgan fingerprint density at radius 2 is 1.71 bits per heavy atom. The third-order valence-corrected chi connectivity index (χ3v) is 2.71. The minimum Gasteiger partial charge on any atom is -0.474 e. The second-order valence-corrected chi connectivity index (χ2v) is 5.63. The summed E-state index contributed by atoms with van der Waals surface area (Å²) in [5.41, 5.74) is 6.26. The van der Waals surface area contributed by atoms with E-state index in [2.05, 4.69) is 15.3 Å². The van der Waals surface area contributed by atoms with Gasteiger partial charge in [0.2, 0.25) is 5.88 Å². The van der Waals surface area contributed by atoms with E-state index in [1.54, 1.807) is 14.2 Å². The fourth-order valence-electron chi connectivity index (χ4n) is 1.52. The molecule has 1 aromatic rings. The zero-order chi connectivity index (χ0) is 15.9. The molecule has 7 nitrogen and oxygen atoms in total. The van der Waals surface area contributed by atoms with Crippen LogP contribution in [-0.4, -0.2) is 50.6 Å². The van der Waals surface area contributed by atoms with Gasteiger partial charge in [-0.25, -0.2) is 4.98 Å². The van der Waals surface area contributed by atoms with E-state index in [-0.39, 0.29) is 5.41 Å². The molecule has 1 heterocycles. The van der Waals surface area contributed by atoms with Crippen LogP contribution < -0.4 is 15.8 Å². The smallest absolute Gasteiger partial charge is 0.242 e. The molecule has 0 atom stereocenters. The molecule has 3 N–H and O–H groups in total. The monoisotopic (exact) mass is 298 g/mol. The van der Waals surface area contributed by atoms with Crippen molar-refractivity contribution in [3.63, 3.8) is 0 Å². The van der Waals surface area contributed by atoms with Crippen LogP contribution in [0.15, 0.2) is 0 Å². The third-order valence-electron chi connectivity index (χ3n) is 2.71. The van der Waals surface area contributed by atoms with Crippen molar-refractivity contribution in [3.05, 3.63) is 5.82 Å². The van der Waals surface area contributed by atoms with E-state index in [4.69, 9.17) is 19.9 Å². The first-order valence-electron chi connectivity index (χ1n) is 6.92. The second kappa shape index (κ2) is 7.99. The zero-order valence-electron chi connectivity index (χ0n) is 13.5. The molecule has 0 radical (unpaired) electrons. The van der Waals surface area contributed by atoms with E-state index in [9.17, 15) is 0 Å². The van der Waals surface area contributed by atoms with Crippen molar-refractivity contribution in [1.82, 2.24) is 9.97 Å². The van der Waals surface area contributed by atoms with Gasteiger partial charge in [-0.15, -0.1) is 0 Å². The van der Waals surface area contributed by atoms with Crippen LogP contribution in [0.1, 0.15) is 26.6 Å². The number of hydrogen-bond acceptors (Lipinski definition) is 7. The van der Waals surface area contributed by atoms with Gasteiger partial charge in [-0.1, -0.05) is 20.8 Å². The fourth-order valence-corrected chi connectivity index (χ4v) is 1.52. The lowest BCUT2D eigenvalue weighted by molar-refractivity contribution is 0.144. The highest BCUT2D eigenvalue weighted by Crippen LogP contribution is 2.30. The Labute approximate surface area is 126 Å². The van der Waals surface area contributed by atoms with Gasteiger partial charge in [0.15, 0.2) is 5.82 Å². The minimum atomic E-state index is -0.204. The summed E-state index contributed by atoms with van der Waals surface area (Å²) in [4.78, 5) is 8.91. The highest BCUT2D eigenvalue weighted by atomic mass is 16.5. The maximum absolute atomic E-state index is 6.07. The molecule has 0 aliphatic heterocycles. The third kappa shape index (κ3) is 5.35. The molecule has 0 bridgehead atoms. The number of nitrogens with two attached hydrogens (primary N) is 1. The molecule has 0 spiro atoms. The van der Waals surface area contributed by atoms with Gasteiger partial charge in [-0.3, -0.25) is 0 Å². The predicted molar refractivity (Wildman–Crippen MR) is 82.9 cm³/mol. The maximum Gasteiger partial charge on any atom is 0.242 e. The summed E-state index contributed by atoms with van der Waals surface area (Å²) < 4.78 is 15.6. The predicted octanol–water partition coefficient (Wildman–Crippen LogP) is 1.44. The number of nitrogens with one attached hydrogen (secondary N) is 1. The average molecular weight is 298 g/mol. The summed E-state index contributed by atoms with van der Waals surface area (Å²) in [6, 6.07) is 0. The molecule has 1 rings (SSSR count). The van der Waals surface area contributed by atoms with Crippen LogP contribution in [0.5, 0.6) is 5.88 Å². The molecule has 0 aromatic carbocycles. The Bertz CT molecular complexity index is 415. The van der Waals surface area contributed by atoms with E-state index < -0.39 is 0 Å². The van der Waals surface area contributed by atoms with Crippen LogP contribution in [0.4, 0.5) is 11.5 Å². The Balaban J connectivity index is 3.01.